The second-order valence-electron chi connectivity index (χ2n) is 4.06. The van der Waals surface area contributed by atoms with Crippen molar-refractivity contribution >= 4 is 17.0 Å². The minimum absolute atomic E-state index is 0.592. The molecule has 0 unspecified atom stereocenters. The predicted molar refractivity (Wildman–Crippen MR) is 65.6 cm³/mol. The summed E-state index contributed by atoms with van der Waals surface area (Å²) in [6.07, 6.45) is 6.20. The average molecular weight is 197 g/mol. The zero-order chi connectivity index (χ0) is 10.7. The van der Waals surface area contributed by atoms with Crippen LogP contribution < -0.4 is 0 Å². The molecule has 0 aliphatic carbocycles. The van der Waals surface area contributed by atoms with Gasteiger partial charge in [-0.1, -0.05) is 38.1 Å². The van der Waals surface area contributed by atoms with E-state index in [0.29, 0.717) is 5.92 Å². The summed E-state index contributed by atoms with van der Waals surface area (Å²) in [5.41, 5.74) is 2.29. The first-order valence-corrected chi connectivity index (χ1v) is 5.29. The number of aromatic nitrogens is 1. The number of fused-ring (bicyclic) bond motifs is 1. The van der Waals surface area contributed by atoms with E-state index in [4.69, 9.17) is 0 Å². The monoisotopic (exact) mass is 197 g/mol. The van der Waals surface area contributed by atoms with Crippen LogP contribution in [-0.2, 0) is 0 Å². The van der Waals surface area contributed by atoms with Gasteiger partial charge in [0.05, 0.1) is 5.52 Å². The number of nitrogens with zero attached hydrogens (tertiary/aromatic N) is 1. The smallest absolute Gasteiger partial charge is 0.0702 e. The van der Waals surface area contributed by atoms with Crippen molar-refractivity contribution < 1.29 is 0 Å². The highest BCUT2D eigenvalue weighted by atomic mass is 14.6. The molecule has 2 aromatic rings. The summed E-state index contributed by atoms with van der Waals surface area (Å²) in [5.74, 6) is 0.592. The van der Waals surface area contributed by atoms with Gasteiger partial charge in [-0.15, -0.1) is 0 Å². The van der Waals surface area contributed by atoms with Crippen molar-refractivity contribution in [2.45, 2.75) is 13.8 Å². The van der Waals surface area contributed by atoms with Gasteiger partial charge in [0, 0.05) is 11.6 Å². The largest absolute Gasteiger partial charge is 0.256 e. The summed E-state index contributed by atoms with van der Waals surface area (Å²) in [4.78, 5) is 4.29. The first-order valence-electron chi connectivity index (χ1n) is 5.29. The molecule has 0 spiro atoms. The molecule has 2 rings (SSSR count). The van der Waals surface area contributed by atoms with Crippen LogP contribution in [0.15, 0.2) is 42.6 Å². The van der Waals surface area contributed by atoms with Crippen LogP contribution >= 0.6 is 0 Å². The Morgan fingerprint density at radius 1 is 1.20 bits per heavy atom. The van der Waals surface area contributed by atoms with Crippen LogP contribution in [0.1, 0.15) is 19.4 Å². The van der Waals surface area contributed by atoms with Gasteiger partial charge in [0.15, 0.2) is 0 Å². The molecule has 0 saturated carbocycles. The van der Waals surface area contributed by atoms with E-state index in [2.05, 4.69) is 55.2 Å². The second-order valence-corrected chi connectivity index (χ2v) is 4.06. The summed E-state index contributed by atoms with van der Waals surface area (Å²) in [5, 5.41) is 1.20. The van der Waals surface area contributed by atoms with E-state index in [1.807, 2.05) is 12.3 Å². The fourth-order valence-corrected chi connectivity index (χ4v) is 1.50. The van der Waals surface area contributed by atoms with E-state index in [9.17, 15) is 0 Å². The van der Waals surface area contributed by atoms with Crippen LogP contribution in [0.4, 0.5) is 0 Å². The van der Waals surface area contributed by atoms with Gasteiger partial charge in [-0.3, -0.25) is 4.98 Å². The fraction of sp³-hybridized carbons (Fsp3) is 0.214. The summed E-state index contributed by atoms with van der Waals surface area (Å²) in [6, 6.07) is 10.4. The van der Waals surface area contributed by atoms with Crippen molar-refractivity contribution in [3.05, 3.63) is 48.2 Å². The minimum atomic E-state index is 0.592. The number of benzene rings is 1. The van der Waals surface area contributed by atoms with Crippen molar-refractivity contribution in [1.82, 2.24) is 4.98 Å². The third kappa shape index (κ3) is 2.44. The lowest BCUT2D eigenvalue weighted by Gasteiger charge is -1.99. The summed E-state index contributed by atoms with van der Waals surface area (Å²) < 4.78 is 0. The Morgan fingerprint density at radius 3 is 2.87 bits per heavy atom. The van der Waals surface area contributed by atoms with Crippen LogP contribution in [0, 0.1) is 5.92 Å². The van der Waals surface area contributed by atoms with Gasteiger partial charge in [0.25, 0.3) is 0 Å². The molecule has 0 aliphatic rings. The molecular weight excluding hydrogens is 182 g/mol. The second kappa shape index (κ2) is 4.26. The van der Waals surface area contributed by atoms with E-state index in [1.54, 1.807) is 0 Å². The van der Waals surface area contributed by atoms with E-state index in [-0.39, 0.29) is 0 Å². The maximum Gasteiger partial charge on any atom is 0.0702 e. The molecule has 0 atom stereocenters. The molecule has 0 bridgehead atoms. The third-order valence-corrected chi connectivity index (χ3v) is 2.30. The lowest BCUT2D eigenvalue weighted by atomic mass is 10.1. The molecular formula is C14H15N. The maximum atomic E-state index is 4.29. The Morgan fingerprint density at radius 2 is 2.07 bits per heavy atom. The number of hydrogen-bond donors (Lipinski definition) is 0. The first-order chi connectivity index (χ1) is 7.25. The first kappa shape index (κ1) is 9.91. The van der Waals surface area contributed by atoms with Crippen LogP contribution in [-0.4, -0.2) is 4.98 Å². The summed E-state index contributed by atoms with van der Waals surface area (Å²) in [6.45, 7) is 4.36. The van der Waals surface area contributed by atoms with Gasteiger partial charge >= 0.3 is 0 Å². The molecule has 76 valence electrons. The van der Waals surface area contributed by atoms with Crippen molar-refractivity contribution in [3.8, 4) is 0 Å². The standard InChI is InChI=1S/C14H15N/c1-11(2)5-6-12-7-8-14-13(10-12)4-3-9-15-14/h3-11H,1-2H3. The van der Waals surface area contributed by atoms with Crippen LogP contribution in [0.2, 0.25) is 0 Å². The van der Waals surface area contributed by atoms with E-state index >= 15 is 0 Å². The highest BCUT2D eigenvalue weighted by Crippen LogP contribution is 2.14. The topological polar surface area (TPSA) is 12.9 Å². The Bertz CT molecular complexity index is 483. The van der Waals surface area contributed by atoms with Crippen LogP contribution in [0.25, 0.3) is 17.0 Å². The van der Waals surface area contributed by atoms with Crippen LogP contribution in [0.3, 0.4) is 0 Å². The summed E-state index contributed by atoms with van der Waals surface area (Å²) in [7, 11) is 0. The SMILES string of the molecule is CC(C)C=Cc1ccc2ncccc2c1. The molecule has 1 nitrogen and oxygen atoms in total. The molecule has 1 aromatic carbocycles. The number of allylic oxidation sites excluding steroid dienone is 1. The summed E-state index contributed by atoms with van der Waals surface area (Å²) >= 11 is 0. The third-order valence-electron chi connectivity index (χ3n) is 2.30. The predicted octanol–water partition coefficient (Wildman–Crippen LogP) is 3.90. The molecule has 0 amide bonds. The Kier molecular flexibility index (Phi) is 2.82. The quantitative estimate of drug-likeness (QED) is 0.711. The number of hydrogen-bond acceptors (Lipinski definition) is 1. The molecule has 0 aliphatic heterocycles. The molecule has 15 heavy (non-hydrogen) atoms. The van der Waals surface area contributed by atoms with Crippen molar-refractivity contribution in [2.75, 3.05) is 0 Å². The average Bonchev–Trinajstić information content (AvgIpc) is 2.26. The highest BCUT2D eigenvalue weighted by Gasteiger charge is 1.94. The molecule has 0 fully saturated rings. The number of pyridine rings is 1. The normalized spacial score (nSPS) is 11.7. The van der Waals surface area contributed by atoms with Gasteiger partial charge in [0.1, 0.15) is 0 Å². The van der Waals surface area contributed by atoms with Gasteiger partial charge in [-0.05, 0) is 29.7 Å². The van der Waals surface area contributed by atoms with Gasteiger partial charge in [-0.2, -0.15) is 0 Å². The van der Waals surface area contributed by atoms with Gasteiger partial charge in [0.2, 0.25) is 0 Å². The fourth-order valence-electron chi connectivity index (χ4n) is 1.50. The molecule has 0 saturated heterocycles. The zero-order valence-electron chi connectivity index (χ0n) is 9.14. The zero-order valence-corrected chi connectivity index (χ0v) is 9.14. The molecule has 1 heteroatoms. The lowest BCUT2D eigenvalue weighted by molar-refractivity contribution is 0.836. The van der Waals surface area contributed by atoms with Crippen LogP contribution in [0.5, 0.6) is 0 Å². The Hall–Kier alpha value is -1.63. The van der Waals surface area contributed by atoms with Gasteiger partial charge < -0.3 is 0 Å². The van der Waals surface area contributed by atoms with Gasteiger partial charge in [-0.25, -0.2) is 0 Å². The van der Waals surface area contributed by atoms with Crippen molar-refractivity contribution in [2.24, 2.45) is 5.92 Å². The van der Waals surface area contributed by atoms with E-state index in [1.165, 1.54) is 10.9 Å². The van der Waals surface area contributed by atoms with Crippen molar-refractivity contribution in [1.29, 1.82) is 0 Å². The van der Waals surface area contributed by atoms with E-state index < -0.39 is 0 Å². The molecule has 0 N–H and O–H groups in total. The number of rotatable bonds is 2. The Balaban J connectivity index is 2.39. The molecule has 0 radical (unpaired) electrons. The molecule has 1 heterocycles. The highest BCUT2D eigenvalue weighted by molar-refractivity contribution is 5.80. The van der Waals surface area contributed by atoms with E-state index in [0.717, 1.165) is 5.52 Å². The minimum Gasteiger partial charge on any atom is -0.256 e. The Labute approximate surface area is 90.5 Å². The van der Waals surface area contributed by atoms with Crippen molar-refractivity contribution in [3.63, 3.8) is 0 Å². The maximum absolute atomic E-state index is 4.29. The molecule has 1 aromatic heterocycles. The lowest BCUT2D eigenvalue weighted by Crippen LogP contribution is -1.80.